The van der Waals surface area contributed by atoms with Gasteiger partial charge in [-0.3, -0.25) is 0 Å². The van der Waals surface area contributed by atoms with Gasteiger partial charge in [0.05, 0.1) is 11.6 Å². The van der Waals surface area contributed by atoms with Crippen LogP contribution in [0.4, 0.5) is 0 Å². The zero-order chi connectivity index (χ0) is 21.2. The van der Waals surface area contributed by atoms with Gasteiger partial charge >= 0.3 is 0 Å². The summed E-state index contributed by atoms with van der Waals surface area (Å²) in [5.41, 5.74) is 8.18. The highest BCUT2D eigenvalue weighted by molar-refractivity contribution is 6.10. The highest BCUT2D eigenvalue weighted by atomic mass is 14.4. The van der Waals surface area contributed by atoms with Gasteiger partial charge in [-0.25, -0.2) is 0 Å². The maximum absolute atomic E-state index is 9.40. The van der Waals surface area contributed by atoms with Gasteiger partial charge in [0, 0.05) is 5.41 Å². The van der Waals surface area contributed by atoms with Crippen molar-refractivity contribution in [1.29, 1.82) is 5.26 Å². The summed E-state index contributed by atoms with van der Waals surface area (Å²) in [6, 6.07) is 34.9. The molecule has 0 saturated carbocycles. The second-order valence-electron chi connectivity index (χ2n) is 8.98. The summed E-state index contributed by atoms with van der Waals surface area (Å²) in [4.78, 5) is 0. The maximum atomic E-state index is 9.40. The van der Waals surface area contributed by atoms with E-state index in [9.17, 15) is 5.26 Å². The standard InChI is InChI=1S/C30H21N/c1-30(2)28-14-19(18-31)8-13-24(28)27-16-23-12-10-21-9-11-22(20-6-4-3-5-7-20)15-25(21)26(23)17-29(27)30/h3-17H,1-2H3. The number of hydrogen-bond acceptors (Lipinski definition) is 1. The molecule has 0 bridgehead atoms. The number of fused-ring (bicyclic) bond motifs is 6. The van der Waals surface area contributed by atoms with Crippen LogP contribution in [0.2, 0.25) is 0 Å². The summed E-state index contributed by atoms with van der Waals surface area (Å²) in [5.74, 6) is 0. The first-order valence-electron chi connectivity index (χ1n) is 10.7. The van der Waals surface area contributed by atoms with Gasteiger partial charge < -0.3 is 0 Å². The molecule has 146 valence electrons. The third kappa shape index (κ3) is 2.55. The lowest BCUT2D eigenvalue weighted by atomic mass is 9.81. The Labute approximate surface area is 182 Å². The molecule has 0 heterocycles. The van der Waals surface area contributed by atoms with Gasteiger partial charge in [0.2, 0.25) is 0 Å². The van der Waals surface area contributed by atoms with Crippen LogP contribution in [0.25, 0.3) is 43.8 Å². The topological polar surface area (TPSA) is 23.8 Å². The van der Waals surface area contributed by atoms with Crippen molar-refractivity contribution in [2.75, 3.05) is 0 Å². The predicted molar refractivity (Wildman–Crippen MR) is 129 cm³/mol. The highest BCUT2D eigenvalue weighted by Crippen LogP contribution is 2.50. The van der Waals surface area contributed by atoms with Crippen molar-refractivity contribution >= 4 is 21.5 Å². The first-order chi connectivity index (χ1) is 15.1. The van der Waals surface area contributed by atoms with Crippen LogP contribution in [0, 0.1) is 11.3 Å². The predicted octanol–water partition coefficient (Wildman–Crippen LogP) is 7.84. The van der Waals surface area contributed by atoms with Gasteiger partial charge in [-0.15, -0.1) is 0 Å². The van der Waals surface area contributed by atoms with Gasteiger partial charge in [-0.2, -0.15) is 5.26 Å². The minimum atomic E-state index is -0.134. The third-order valence-electron chi connectivity index (χ3n) is 6.87. The SMILES string of the molecule is CC1(C)c2cc(C#N)ccc2-c2cc3ccc4ccc(-c5ccccc5)cc4c3cc21. The van der Waals surface area contributed by atoms with Gasteiger partial charge in [0.15, 0.2) is 0 Å². The minimum Gasteiger partial charge on any atom is -0.192 e. The van der Waals surface area contributed by atoms with Crippen molar-refractivity contribution in [2.45, 2.75) is 19.3 Å². The molecule has 1 aliphatic carbocycles. The molecule has 0 aromatic heterocycles. The molecule has 5 aromatic rings. The smallest absolute Gasteiger partial charge is 0.0991 e. The van der Waals surface area contributed by atoms with Crippen molar-refractivity contribution in [3.05, 3.63) is 108 Å². The Morgan fingerprint density at radius 3 is 2.13 bits per heavy atom. The Bertz CT molecular complexity index is 1550. The van der Waals surface area contributed by atoms with Gasteiger partial charge in [-0.1, -0.05) is 74.5 Å². The molecular formula is C30H21N. The number of benzene rings is 5. The van der Waals surface area contributed by atoms with E-state index >= 15 is 0 Å². The van der Waals surface area contributed by atoms with E-state index < -0.39 is 0 Å². The summed E-state index contributed by atoms with van der Waals surface area (Å²) in [7, 11) is 0. The second kappa shape index (κ2) is 6.30. The molecule has 1 heteroatoms. The fraction of sp³-hybridized carbons (Fsp3) is 0.100. The number of hydrogen-bond donors (Lipinski definition) is 0. The van der Waals surface area contributed by atoms with E-state index in [0.717, 1.165) is 5.56 Å². The summed E-state index contributed by atoms with van der Waals surface area (Å²) >= 11 is 0. The summed E-state index contributed by atoms with van der Waals surface area (Å²) in [6.07, 6.45) is 0. The van der Waals surface area contributed by atoms with E-state index in [2.05, 4.69) is 105 Å². The Morgan fingerprint density at radius 2 is 1.32 bits per heavy atom. The second-order valence-corrected chi connectivity index (χ2v) is 8.98. The average Bonchev–Trinajstić information content (AvgIpc) is 3.03. The third-order valence-corrected chi connectivity index (χ3v) is 6.87. The van der Waals surface area contributed by atoms with Crippen molar-refractivity contribution < 1.29 is 0 Å². The largest absolute Gasteiger partial charge is 0.192 e. The molecular weight excluding hydrogens is 374 g/mol. The summed E-state index contributed by atoms with van der Waals surface area (Å²) in [6.45, 7) is 4.54. The fourth-order valence-electron chi connectivity index (χ4n) is 5.16. The first-order valence-corrected chi connectivity index (χ1v) is 10.7. The van der Waals surface area contributed by atoms with E-state index in [1.54, 1.807) is 0 Å². The Hall–Kier alpha value is -3.89. The van der Waals surface area contributed by atoms with Gasteiger partial charge in [0.1, 0.15) is 0 Å². The Balaban J connectivity index is 1.64. The molecule has 0 unspecified atom stereocenters. The molecule has 0 aliphatic heterocycles. The summed E-state index contributed by atoms with van der Waals surface area (Å²) in [5, 5.41) is 14.5. The molecule has 0 fully saturated rings. The molecule has 1 aliphatic rings. The van der Waals surface area contributed by atoms with Crippen LogP contribution in [0.15, 0.2) is 91.0 Å². The van der Waals surface area contributed by atoms with Crippen LogP contribution in [0.5, 0.6) is 0 Å². The molecule has 6 rings (SSSR count). The maximum Gasteiger partial charge on any atom is 0.0991 e. The normalized spacial score (nSPS) is 13.7. The zero-order valence-corrected chi connectivity index (χ0v) is 17.6. The quantitative estimate of drug-likeness (QED) is 0.265. The van der Waals surface area contributed by atoms with Gasteiger partial charge in [0.25, 0.3) is 0 Å². The lowest BCUT2D eigenvalue weighted by molar-refractivity contribution is 0.661. The number of rotatable bonds is 1. The van der Waals surface area contributed by atoms with E-state index in [1.165, 1.54) is 54.9 Å². The molecule has 0 radical (unpaired) electrons. The Morgan fingerprint density at radius 1 is 0.613 bits per heavy atom. The van der Waals surface area contributed by atoms with E-state index in [1.807, 2.05) is 6.07 Å². The van der Waals surface area contributed by atoms with Crippen LogP contribution in [0.3, 0.4) is 0 Å². The van der Waals surface area contributed by atoms with Crippen molar-refractivity contribution in [3.63, 3.8) is 0 Å². The molecule has 0 N–H and O–H groups in total. The number of nitrogens with zero attached hydrogens (tertiary/aromatic N) is 1. The zero-order valence-electron chi connectivity index (χ0n) is 17.6. The highest BCUT2D eigenvalue weighted by Gasteiger charge is 2.36. The van der Waals surface area contributed by atoms with Crippen LogP contribution in [-0.4, -0.2) is 0 Å². The van der Waals surface area contributed by atoms with Crippen LogP contribution in [-0.2, 0) is 5.41 Å². The number of nitriles is 1. The van der Waals surface area contributed by atoms with Crippen LogP contribution >= 0.6 is 0 Å². The molecule has 31 heavy (non-hydrogen) atoms. The van der Waals surface area contributed by atoms with Crippen LogP contribution < -0.4 is 0 Å². The van der Waals surface area contributed by atoms with Crippen molar-refractivity contribution in [2.24, 2.45) is 0 Å². The molecule has 5 aromatic carbocycles. The van der Waals surface area contributed by atoms with Crippen molar-refractivity contribution in [3.8, 4) is 28.3 Å². The summed E-state index contributed by atoms with van der Waals surface area (Å²) < 4.78 is 0. The van der Waals surface area contributed by atoms with Crippen molar-refractivity contribution in [1.82, 2.24) is 0 Å². The molecule has 1 nitrogen and oxygen atoms in total. The molecule has 0 amide bonds. The van der Waals surface area contributed by atoms with E-state index in [-0.39, 0.29) is 5.41 Å². The molecule has 0 atom stereocenters. The first kappa shape index (κ1) is 17.9. The average molecular weight is 396 g/mol. The lowest BCUT2D eigenvalue weighted by Crippen LogP contribution is -2.15. The monoisotopic (exact) mass is 395 g/mol. The fourth-order valence-corrected chi connectivity index (χ4v) is 5.16. The Kier molecular flexibility index (Phi) is 3.64. The van der Waals surface area contributed by atoms with E-state index in [4.69, 9.17) is 0 Å². The minimum absolute atomic E-state index is 0.134. The van der Waals surface area contributed by atoms with Gasteiger partial charge in [-0.05, 0) is 85.3 Å². The molecule has 0 spiro atoms. The lowest BCUT2D eigenvalue weighted by Gasteiger charge is -2.22. The van der Waals surface area contributed by atoms with Crippen LogP contribution in [0.1, 0.15) is 30.5 Å². The van der Waals surface area contributed by atoms with E-state index in [0.29, 0.717) is 0 Å². The molecule has 0 saturated heterocycles.